The highest BCUT2D eigenvalue weighted by atomic mass is 28.4. The van der Waals surface area contributed by atoms with Crippen molar-refractivity contribution < 1.29 is 13.6 Å². The standard InChI is InChI=1S/C31H40N2O3Si/c1-31(2,3)37(4,5)35-19-18-33-16-12-23(13-17-33)29-21-27(22-10-14-32-15-11-22)30(36-29)25-6-8-26-24(20-25)7-9-28(26)34/h6,8,10-11,14-15,20-21,23H,7,9,12-13,16-19H2,1-5H3. The molecule has 1 saturated heterocycles. The zero-order chi connectivity index (χ0) is 26.2. The third-order valence-corrected chi connectivity index (χ3v) is 13.2. The normalized spacial score (nSPS) is 17.4. The highest BCUT2D eigenvalue weighted by Crippen LogP contribution is 2.41. The van der Waals surface area contributed by atoms with Gasteiger partial charge in [-0.15, -0.1) is 0 Å². The van der Waals surface area contributed by atoms with E-state index in [1.54, 1.807) is 0 Å². The van der Waals surface area contributed by atoms with Crippen LogP contribution >= 0.6 is 0 Å². The van der Waals surface area contributed by atoms with E-state index in [0.29, 0.717) is 12.3 Å². The van der Waals surface area contributed by atoms with Gasteiger partial charge in [-0.25, -0.2) is 0 Å². The van der Waals surface area contributed by atoms with Crippen LogP contribution in [-0.2, 0) is 10.8 Å². The summed E-state index contributed by atoms with van der Waals surface area (Å²) in [6, 6.07) is 12.5. The molecule has 0 atom stereocenters. The summed E-state index contributed by atoms with van der Waals surface area (Å²) in [4.78, 5) is 18.9. The van der Waals surface area contributed by atoms with Crippen molar-refractivity contribution in [2.45, 2.75) is 70.5 Å². The van der Waals surface area contributed by atoms with Crippen LogP contribution in [0.1, 0.15) is 67.6 Å². The zero-order valence-electron chi connectivity index (χ0n) is 23.0. The number of aromatic nitrogens is 1. The number of carbonyl (C=O) groups excluding carboxylic acids is 1. The van der Waals surface area contributed by atoms with Crippen LogP contribution in [0.25, 0.3) is 22.5 Å². The van der Waals surface area contributed by atoms with Crippen LogP contribution in [0.2, 0.25) is 18.1 Å². The predicted octanol–water partition coefficient (Wildman–Crippen LogP) is 7.34. The lowest BCUT2D eigenvalue weighted by molar-refractivity contribution is 0.0994. The van der Waals surface area contributed by atoms with Crippen LogP contribution in [-0.4, -0.2) is 50.2 Å². The minimum Gasteiger partial charge on any atom is -0.460 e. The Balaban J connectivity index is 1.30. The van der Waals surface area contributed by atoms with Crippen molar-refractivity contribution in [2.24, 2.45) is 0 Å². The van der Waals surface area contributed by atoms with E-state index >= 15 is 0 Å². The number of nitrogens with zero attached hydrogens (tertiary/aromatic N) is 2. The van der Waals surface area contributed by atoms with Crippen molar-refractivity contribution >= 4 is 14.1 Å². The van der Waals surface area contributed by atoms with E-state index in [2.05, 4.69) is 55.9 Å². The van der Waals surface area contributed by atoms with E-state index in [1.165, 1.54) is 0 Å². The summed E-state index contributed by atoms with van der Waals surface area (Å²) in [5, 5.41) is 0.248. The molecule has 37 heavy (non-hydrogen) atoms. The number of pyridine rings is 1. The summed E-state index contributed by atoms with van der Waals surface area (Å²) in [6.07, 6.45) is 7.26. The van der Waals surface area contributed by atoms with Gasteiger partial charge in [0.05, 0.1) is 0 Å². The van der Waals surface area contributed by atoms with Crippen molar-refractivity contribution in [3.8, 4) is 22.5 Å². The highest BCUT2D eigenvalue weighted by molar-refractivity contribution is 6.74. The van der Waals surface area contributed by atoms with Crippen LogP contribution in [0.15, 0.2) is 53.2 Å². The van der Waals surface area contributed by atoms with Gasteiger partial charge in [0.1, 0.15) is 11.5 Å². The molecular weight excluding hydrogens is 476 g/mol. The second-order valence-corrected chi connectivity index (χ2v) is 17.0. The number of hydrogen-bond acceptors (Lipinski definition) is 5. The van der Waals surface area contributed by atoms with Gasteiger partial charge in [-0.2, -0.15) is 0 Å². The number of hydrogen-bond donors (Lipinski definition) is 0. The van der Waals surface area contributed by atoms with Crippen molar-refractivity contribution in [1.82, 2.24) is 9.88 Å². The fraction of sp³-hybridized carbons (Fsp3) is 0.484. The Labute approximate surface area is 222 Å². The number of rotatable bonds is 7. The van der Waals surface area contributed by atoms with E-state index in [-0.39, 0.29) is 10.8 Å². The Morgan fingerprint density at radius 3 is 2.43 bits per heavy atom. The Hall–Kier alpha value is -2.54. The minimum absolute atomic E-state index is 0.248. The molecule has 2 aliphatic rings. The molecule has 5 rings (SSSR count). The van der Waals surface area contributed by atoms with Gasteiger partial charge in [-0.1, -0.05) is 32.9 Å². The summed E-state index contributed by atoms with van der Waals surface area (Å²) in [7, 11) is -1.70. The average molecular weight is 517 g/mol. The average Bonchev–Trinajstić information content (AvgIpc) is 3.48. The summed E-state index contributed by atoms with van der Waals surface area (Å²) < 4.78 is 13.1. The lowest BCUT2D eigenvalue weighted by Gasteiger charge is -2.37. The first-order chi connectivity index (χ1) is 17.6. The molecule has 1 fully saturated rings. The maximum absolute atomic E-state index is 12.2. The largest absolute Gasteiger partial charge is 0.460 e. The minimum atomic E-state index is -1.70. The van der Waals surface area contributed by atoms with Crippen LogP contribution in [0.4, 0.5) is 0 Å². The number of fused-ring (bicyclic) bond motifs is 1. The Bertz CT molecular complexity index is 1250. The molecule has 1 aromatic carbocycles. The van der Waals surface area contributed by atoms with E-state index < -0.39 is 8.32 Å². The van der Waals surface area contributed by atoms with Crippen molar-refractivity contribution in [2.75, 3.05) is 26.2 Å². The van der Waals surface area contributed by atoms with Crippen LogP contribution in [0, 0.1) is 0 Å². The summed E-state index contributed by atoms with van der Waals surface area (Å²) in [5.74, 6) is 2.62. The van der Waals surface area contributed by atoms with Gasteiger partial charge < -0.3 is 13.7 Å². The van der Waals surface area contributed by atoms with Gasteiger partial charge in [0.15, 0.2) is 14.1 Å². The third kappa shape index (κ3) is 5.52. The Morgan fingerprint density at radius 2 is 1.73 bits per heavy atom. The molecule has 3 aromatic rings. The number of Topliss-reactive ketones (excluding diaryl/α,β-unsaturated/α-hetero) is 1. The maximum atomic E-state index is 12.2. The van der Waals surface area contributed by atoms with E-state index in [9.17, 15) is 4.79 Å². The molecule has 0 spiro atoms. The van der Waals surface area contributed by atoms with Crippen LogP contribution in [0.3, 0.4) is 0 Å². The van der Waals surface area contributed by atoms with Gasteiger partial charge in [0.2, 0.25) is 0 Å². The van der Waals surface area contributed by atoms with Gasteiger partial charge in [0.25, 0.3) is 0 Å². The molecule has 0 N–H and O–H groups in total. The number of likely N-dealkylation sites (tertiary alicyclic amines) is 1. The Morgan fingerprint density at radius 1 is 1.00 bits per heavy atom. The predicted molar refractivity (Wildman–Crippen MR) is 152 cm³/mol. The first-order valence-electron chi connectivity index (χ1n) is 13.7. The molecule has 196 valence electrons. The monoisotopic (exact) mass is 516 g/mol. The molecular formula is C31H40N2O3Si. The SMILES string of the molecule is CC(C)(C)[Si](C)(C)OCCN1CCC(c2cc(-c3ccncc3)c(-c3ccc4c(c3)CCC4=O)o2)CC1. The lowest BCUT2D eigenvalue weighted by Crippen LogP contribution is -2.43. The third-order valence-electron chi connectivity index (χ3n) is 8.70. The van der Waals surface area contributed by atoms with Gasteiger partial charge >= 0.3 is 0 Å². The van der Waals surface area contributed by atoms with Gasteiger partial charge in [-0.05, 0) is 85.9 Å². The first kappa shape index (κ1) is 26.1. The molecule has 3 heterocycles. The van der Waals surface area contributed by atoms with Crippen molar-refractivity contribution in [3.05, 3.63) is 65.7 Å². The summed E-state index contributed by atoms with van der Waals surface area (Å²) in [5.41, 5.74) is 5.26. The smallest absolute Gasteiger partial charge is 0.192 e. The second kappa shape index (κ2) is 10.3. The number of furan rings is 1. The molecule has 2 aromatic heterocycles. The molecule has 1 aliphatic heterocycles. The number of carbonyl (C=O) groups is 1. The van der Waals surface area contributed by atoms with Crippen molar-refractivity contribution in [3.63, 3.8) is 0 Å². The van der Waals surface area contributed by atoms with Crippen LogP contribution in [0.5, 0.6) is 0 Å². The molecule has 0 unspecified atom stereocenters. The van der Waals surface area contributed by atoms with Crippen LogP contribution < -0.4 is 0 Å². The Kier molecular flexibility index (Phi) is 7.27. The number of benzene rings is 1. The number of aryl methyl sites for hydroxylation is 1. The fourth-order valence-electron chi connectivity index (χ4n) is 5.26. The first-order valence-corrected chi connectivity index (χ1v) is 16.6. The molecule has 0 saturated carbocycles. The maximum Gasteiger partial charge on any atom is 0.192 e. The van der Waals surface area contributed by atoms with E-state index in [4.69, 9.17) is 8.84 Å². The van der Waals surface area contributed by atoms with Gasteiger partial charge in [0, 0.05) is 54.6 Å². The molecule has 1 aliphatic carbocycles. The summed E-state index contributed by atoms with van der Waals surface area (Å²) in [6.45, 7) is 15.5. The van der Waals surface area contributed by atoms with Crippen molar-refractivity contribution in [1.29, 1.82) is 0 Å². The lowest BCUT2D eigenvalue weighted by atomic mass is 9.93. The van der Waals surface area contributed by atoms with E-state index in [0.717, 1.165) is 84.8 Å². The zero-order valence-corrected chi connectivity index (χ0v) is 24.0. The molecule has 0 bridgehead atoms. The molecule has 6 heteroatoms. The second-order valence-electron chi connectivity index (χ2n) is 12.1. The quantitative estimate of drug-likeness (QED) is 0.308. The number of ketones is 1. The molecule has 5 nitrogen and oxygen atoms in total. The molecule has 0 radical (unpaired) electrons. The number of piperidine rings is 1. The van der Waals surface area contributed by atoms with Gasteiger partial charge in [-0.3, -0.25) is 9.78 Å². The fourth-order valence-corrected chi connectivity index (χ4v) is 6.29. The van der Waals surface area contributed by atoms with E-state index in [1.807, 2.05) is 36.7 Å². The topological polar surface area (TPSA) is 55.6 Å². The highest BCUT2D eigenvalue weighted by Gasteiger charge is 2.37. The molecule has 0 amide bonds. The summed E-state index contributed by atoms with van der Waals surface area (Å²) >= 11 is 0.